The third-order valence-corrected chi connectivity index (χ3v) is 6.10. The smallest absolute Gasteiger partial charge is 0.407 e. The summed E-state index contributed by atoms with van der Waals surface area (Å²) < 4.78 is 5.61. The molecule has 0 saturated carbocycles. The summed E-state index contributed by atoms with van der Waals surface area (Å²) in [5.41, 5.74) is 4.56. The van der Waals surface area contributed by atoms with Crippen molar-refractivity contribution in [3.63, 3.8) is 0 Å². The summed E-state index contributed by atoms with van der Waals surface area (Å²) in [6.45, 7) is 7.16. The zero-order chi connectivity index (χ0) is 24.1. The molecule has 2 amide bonds. The molecule has 1 aliphatic rings. The van der Waals surface area contributed by atoms with Gasteiger partial charge in [0.05, 0.1) is 0 Å². The average Bonchev–Trinajstić information content (AvgIpc) is 3.09. The van der Waals surface area contributed by atoms with Gasteiger partial charge in [0.1, 0.15) is 13.2 Å². The zero-order valence-corrected chi connectivity index (χ0v) is 19.6. The minimum absolute atomic E-state index is 0.00726. The van der Waals surface area contributed by atoms with Crippen molar-refractivity contribution in [3.05, 3.63) is 59.7 Å². The second kappa shape index (κ2) is 10.5. The van der Waals surface area contributed by atoms with Crippen molar-refractivity contribution in [2.24, 2.45) is 5.92 Å². The van der Waals surface area contributed by atoms with Gasteiger partial charge in [0.25, 0.3) is 0 Å². The van der Waals surface area contributed by atoms with E-state index in [9.17, 15) is 14.4 Å². The van der Waals surface area contributed by atoms with Crippen molar-refractivity contribution in [1.29, 1.82) is 0 Å². The Hall–Kier alpha value is -3.35. The molecule has 1 aliphatic carbocycles. The number of aliphatic carboxylic acids is 1. The van der Waals surface area contributed by atoms with Gasteiger partial charge in [-0.25, -0.2) is 4.79 Å². The fourth-order valence-electron chi connectivity index (χ4n) is 4.25. The van der Waals surface area contributed by atoms with Crippen LogP contribution in [0, 0.1) is 5.92 Å². The number of rotatable bonds is 9. The molecule has 0 bridgehead atoms. The number of nitrogens with one attached hydrogen (secondary N) is 1. The maximum atomic E-state index is 12.7. The van der Waals surface area contributed by atoms with Crippen molar-refractivity contribution in [3.8, 4) is 11.1 Å². The van der Waals surface area contributed by atoms with Crippen LogP contribution in [0.3, 0.4) is 0 Å². The number of carboxylic acids is 1. The fraction of sp³-hybridized carbons (Fsp3) is 0.423. The summed E-state index contributed by atoms with van der Waals surface area (Å²) in [6, 6.07) is 15.5. The van der Waals surface area contributed by atoms with Crippen molar-refractivity contribution in [2.45, 2.75) is 52.1 Å². The Balaban J connectivity index is 1.64. The Morgan fingerprint density at radius 2 is 1.52 bits per heavy atom. The minimum Gasteiger partial charge on any atom is -0.480 e. The molecule has 1 atom stereocenters. The molecule has 0 unspecified atom stereocenters. The number of carbonyl (C=O) groups is 3. The van der Waals surface area contributed by atoms with Gasteiger partial charge in [-0.05, 0) is 42.0 Å². The van der Waals surface area contributed by atoms with Gasteiger partial charge in [-0.2, -0.15) is 0 Å². The van der Waals surface area contributed by atoms with E-state index in [1.54, 1.807) is 13.8 Å². The molecular weight excluding hydrogens is 420 g/mol. The van der Waals surface area contributed by atoms with Crippen LogP contribution in [0.15, 0.2) is 48.5 Å². The lowest BCUT2D eigenvalue weighted by molar-refractivity contribution is -0.146. The Morgan fingerprint density at radius 3 is 2.00 bits per heavy atom. The number of carboxylic acid groups (broad SMARTS) is 1. The number of amides is 2. The first-order valence-electron chi connectivity index (χ1n) is 11.3. The Bertz CT molecular complexity index is 972. The van der Waals surface area contributed by atoms with Crippen molar-refractivity contribution in [2.75, 3.05) is 13.2 Å². The van der Waals surface area contributed by atoms with Crippen LogP contribution in [0.4, 0.5) is 4.79 Å². The number of carbonyl (C=O) groups excluding carboxylic acids is 2. The monoisotopic (exact) mass is 452 g/mol. The molecule has 0 heterocycles. The topological polar surface area (TPSA) is 95.9 Å². The van der Waals surface area contributed by atoms with E-state index >= 15 is 0 Å². The molecule has 0 fully saturated rings. The van der Waals surface area contributed by atoms with Gasteiger partial charge in [-0.3, -0.25) is 9.59 Å². The largest absolute Gasteiger partial charge is 0.480 e. The number of nitrogens with zero attached hydrogens (tertiary/aromatic N) is 1. The molecule has 7 nitrogen and oxygen atoms in total. The normalized spacial score (nSPS) is 13.4. The molecule has 7 heteroatoms. The number of hydrogen-bond donors (Lipinski definition) is 2. The van der Waals surface area contributed by atoms with E-state index < -0.39 is 18.1 Å². The highest BCUT2D eigenvalue weighted by Gasteiger charge is 2.30. The summed E-state index contributed by atoms with van der Waals surface area (Å²) in [5, 5.41) is 11.9. The molecule has 0 radical (unpaired) electrons. The highest BCUT2D eigenvalue weighted by atomic mass is 16.5. The molecular formula is C26H32N2O5. The Labute approximate surface area is 194 Å². The second-order valence-electron chi connectivity index (χ2n) is 9.03. The number of hydrogen-bond acceptors (Lipinski definition) is 4. The highest BCUT2D eigenvalue weighted by Crippen LogP contribution is 2.44. The number of fused-ring (bicyclic) bond motifs is 3. The van der Waals surface area contributed by atoms with Crippen molar-refractivity contribution >= 4 is 18.0 Å². The van der Waals surface area contributed by atoms with Gasteiger partial charge in [0.2, 0.25) is 5.91 Å². The van der Waals surface area contributed by atoms with Gasteiger partial charge >= 0.3 is 12.1 Å². The lowest BCUT2D eigenvalue weighted by Crippen LogP contribution is -2.46. The zero-order valence-electron chi connectivity index (χ0n) is 19.6. The molecule has 0 saturated heterocycles. The maximum absolute atomic E-state index is 12.7. The van der Waals surface area contributed by atoms with Crippen LogP contribution in [0.1, 0.15) is 51.2 Å². The number of benzene rings is 2. The van der Waals surface area contributed by atoms with Crippen LogP contribution in [0.25, 0.3) is 11.1 Å². The summed E-state index contributed by atoms with van der Waals surface area (Å²) in [5.74, 6) is -1.46. The minimum atomic E-state index is -1.07. The van der Waals surface area contributed by atoms with Gasteiger partial charge < -0.3 is 20.1 Å². The van der Waals surface area contributed by atoms with E-state index in [4.69, 9.17) is 9.84 Å². The number of ether oxygens (including phenoxy) is 1. The quantitative estimate of drug-likeness (QED) is 0.593. The van der Waals surface area contributed by atoms with E-state index in [0.717, 1.165) is 22.3 Å². The molecule has 2 aromatic carbocycles. The van der Waals surface area contributed by atoms with Gasteiger partial charge in [0, 0.05) is 24.4 Å². The first kappa shape index (κ1) is 24.3. The van der Waals surface area contributed by atoms with Gasteiger partial charge in [-0.15, -0.1) is 0 Å². The van der Waals surface area contributed by atoms with Crippen LogP contribution in [0.5, 0.6) is 0 Å². The Kier molecular flexibility index (Phi) is 7.74. The lowest BCUT2D eigenvalue weighted by atomic mass is 9.98. The van der Waals surface area contributed by atoms with E-state index in [2.05, 4.69) is 29.6 Å². The maximum Gasteiger partial charge on any atom is 0.407 e. The second-order valence-corrected chi connectivity index (χ2v) is 9.03. The van der Waals surface area contributed by atoms with Crippen LogP contribution in [-0.2, 0) is 14.3 Å². The summed E-state index contributed by atoms with van der Waals surface area (Å²) in [6.07, 6.45) is -0.578. The standard InChI is InChI=1S/C26H32N2O5/c1-16(2)23(13-24(29)28(17(3)4)14-25(30)31)27-26(32)33-15-22-20-11-7-5-9-18(20)19-10-6-8-12-21(19)22/h5-12,16-17,22-23H,13-15H2,1-4H3,(H,27,32)(H,30,31)/t23-/m1/s1. The molecule has 3 rings (SSSR count). The van der Waals surface area contributed by atoms with Crippen LogP contribution >= 0.6 is 0 Å². The fourth-order valence-corrected chi connectivity index (χ4v) is 4.25. The first-order valence-corrected chi connectivity index (χ1v) is 11.3. The highest BCUT2D eigenvalue weighted by molar-refractivity contribution is 5.82. The third-order valence-electron chi connectivity index (χ3n) is 6.10. The van der Waals surface area contributed by atoms with Crippen molar-refractivity contribution < 1.29 is 24.2 Å². The Morgan fingerprint density at radius 1 is 0.970 bits per heavy atom. The third kappa shape index (κ3) is 5.72. The van der Waals surface area contributed by atoms with Gasteiger partial charge in [-0.1, -0.05) is 62.4 Å². The number of alkyl carbamates (subject to hydrolysis) is 1. The van der Waals surface area contributed by atoms with Crippen LogP contribution in [-0.4, -0.2) is 53.2 Å². The summed E-state index contributed by atoms with van der Waals surface area (Å²) in [7, 11) is 0. The van der Waals surface area contributed by atoms with Crippen LogP contribution in [0.2, 0.25) is 0 Å². The lowest BCUT2D eigenvalue weighted by Gasteiger charge is -2.29. The first-order chi connectivity index (χ1) is 15.7. The molecule has 2 N–H and O–H groups in total. The van der Waals surface area contributed by atoms with E-state index in [1.165, 1.54) is 4.90 Å². The predicted octanol–water partition coefficient (Wildman–Crippen LogP) is 4.26. The molecule has 2 aromatic rings. The van der Waals surface area contributed by atoms with E-state index in [0.29, 0.717) is 0 Å². The summed E-state index contributed by atoms with van der Waals surface area (Å²) in [4.78, 5) is 37.8. The molecule has 0 aromatic heterocycles. The van der Waals surface area contributed by atoms with E-state index in [1.807, 2.05) is 38.1 Å². The molecule has 33 heavy (non-hydrogen) atoms. The molecule has 0 spiro atoms. The SMILES string of the molecule is CC(C)[C@@H](CC(=O)N(CC(=O)O)C(C)C)NC(=O)OCC1c2ccccc2-c2ccccc21. The van der Waals surface area contributed by atoms with Crippen LogP contribution < -0.4 is 5.32 Å². The van der Waals surface area contributed by atoms with Gasteiger partial charge in [0.15, 0.2) is 0 Å². The average molecular weight is 453 g/mol. The molecule has 0 aliphatic heterocycles. The predicted molar refractivity (Wildman–Crippen MR) is 126 cm³/mol. The van der Waals surface area contributed by atoms with Crippen molar-refractivity contribution in [1.82, 2.24) is 10.2 Å². The summed E-state index contributed by atoms with van der Waals surface area (Å²) >= 11 is 0. The van der Waals surface area contributed by atoms with E-state index in [-0.39, 0.29) is 43.4 Å². The molecule has 176 valence electrons.